The summed E-state index contributed by atoms with van der Waals surface area (Å²) in [4.78, 5) is 4.39. The Morgan fingerprint density at radius 1 is 0.900 bits per heavy atom. The van der Waals surface area contributed by atoms with Crippen molar-refractivity contribution in [3.8, 4) is 11.5 Å². The molecule has 0 unspecified atom stereocenters. The van der Waals surface area contributed by atoms with Gasteiger partial charge in [-0.15, -0.1) is 0 Å². The van der Waals surface area contributed by atoms with Gasteiger partial charge >= 0.3 is 0 Å². The molecule has 0 aliphatic carbocycles. The van der Waals surface area contributed by atoms with Gasteiger partial charge in [0.2, 0.25) is 0 Å². The fraction of sp³-hybridized carbons (Fsp3) is 0.133. The monoisotopic (exact) mass is 397 g/mol. The zero-order valence-electron chi connectivity index (χ0n) is 11.0. The lowest BCUT2D eigenvalue weighted by Crippen LogP contribution is -1.84. The third kappa shape index (κ3) is 3.22. The molecule has 0 radical (unpaired) electrons. The maximum Gasteiger partial charge on any atom is 0.143 e. The maximum atomic E-state index is 9.73. The summed E-state index contributed by atoms with van der Waals surface area (Å²) in [6.45, 7) is 3.68. The number of rotatable bonds is 2. The van der Waals surface area contributed by atoms with Gasteiger partial charge in [0.15, 0.2) is 0 Å². The molecule has 0 amide bonds. The van der Waals surface area contributed by atoms with Crippen molar-refractivity contribution in [2.45, 2.75) is 13.8 Å². The normalized spacial score (nSPS) is 11.2. The number of halogens is 2. The predicted octanol–water partition coefficient (Wildman–Crippen LogP) is 4.99. The highest BCUT2D eigenvalue weighted by Gasteiger charge is 2.05. The van der Waals surface area contributed by atoms with Crippen LogP contribution in [-0.4, -0.2) is 16.4 Å². The molecule has 0 spiro atoms. The molecule has 0 aliphatic heterocycles. The van der Waals surface area contributed by atoms with Crippen molar-refractivity contribution < 1.29 is 10.2 Å². The molecular formula is C15H13Br2NO2. The zero-order valence-corrected chi connectivity index (χ0v) is 14.2. The molecule has 0 aliphatic rings. The molecule has 2 rings (SSSR count). The first kappa shape index (κ1) is 15.1. The summed E-state index contributed by atoms with van der Waals surface area (Å²) < 4.78 is 1.21. The van der Waals surface area contributed by atoms with Crippen molar-refractivity contribution in [1.29, 1.82) is 0 Å². The minimum absolute atomic E-state index is 0.165. The first-order valence-corrected chi connectivity index (χ1v) is 7.49. The van der Waals surface area contributed by atoms with Gasteiger partial charge in [-0.3, -0.25) is 4.99 Å². The van der Waals surface area contributed by atoms with Gasteiger partial charge in [-0.1, -0.05) is 0 Å². The average molecular weight is 399 g/mol. The summed E-state index contributed by atoms with van der Waals surface area (Å²) in [7, 11) is 0. The third-order valence-electron chi connectivity index (χ3n) is 2.88. The average Bonchev–Trinajstić information content (AvgIpc) is 2.39. The number of hydrogen-bond acceptors (Lipinski definition) is 3. The lowest BCUT2D eigenvalue weighted by molar-refractivity contribution is 0.467. The minimum Gasteiger partial charge on any atom is -0.507 e. The molecule has 20 heavy (non-hydrogen) atoms. The summed E-state index contributed by atoms with van der Waals surface area (Å²) in [6.07, 6.45) is 1.71. The summed E-state index contributed by atoms with van der Waals surface area (Å²) in [5.74, 6) is 0.470. The van der Waals surface area contributed by atoms with E-state index in [-0.39, 0.29) is 5.75 Å². The van der Waals surface area contributed by atoms with Crippen molar-refractivity contribution in [2.24, 2.45) is 4.99 Å². The number of phenolic OH excluding ortho intramolecular Hbond substituents is 2. The highest BCUT2D eigenvalue weighted by atomic mass is 79.9. The van der Waals surface area contributed by atoms with Gasteiger partial charge in [0.05, 0.1) is 14.6 Å². The van der Waals surface area contributed by atoms with Crippen LogP contribution >= 0.6 is 31.9 Å². The lowest BCUT2D eigenvalue weighted by Gasteiger charge is -2.05. The fourth-order valence-corrected chi connectivity index (χ4v) is 3.04. The number of phenols is 2. The number of hydrogen-bond donors (Lipinski definition) is 2. The Hall–Kier alpha value is -1.33. The van der Waals surface area contributed by atoms with E-state index in [0.717, 1.165) is 22.4 Å². The van der Waals surface area contributed by atoms with Crippen LogP contribution in [0.15, 0.2) is 38.2 Å². The van der Waals surface area contributed by atoms with Crippen LogP contribution in [0.4, 0.5) is 5.69 Å². The molecule has 3 nitrogen and oxygen atoms in total. The smallest absolute Gasteiger partial charge is 0.143 e. The second kappa shape index (κ2) is 5.97. The standard InChI is InChI=1S/C15H13Br2NO2/c1-8-3-11(4-9(2)14(8)19)18-7-10-5-12(16)15(20)13(17)6-10/h3-7,19-20H,1-2H3. The van der Waals surface area contributed by atoms with Gasteiger partial charge < -0.3 is 10.2 Å². The van der Waals surface area contributed by atoms with E-state index < -0.39 is 0 Å². The van der Waals surface area contributed by atoms with Gasteiger partial charge in [0.1, 0.15) is 11.5 Å². The summed E-state index contributed by atoms with van der Waals surface area (Å²) in [5.41, 5.74) is 3.22. The van der Waals surface area contributed by atoms with Crippen molar-refractivity contribution in [1.82, 2.24) is 0 Å². The number of aromatic hydroxyl groups is 2. The van der Waals surface area contributed by atoms with Crippen molar-refractivity contribution in [2.75, 3.05) is 0 Å². The third-order valence-corrected chi connectivity index (χ3v) is 4.09. The highest BCUT2D eigenvalue weighted by Crippen LogP contribution is 2.33. The molecule has 2 N–H and O–H groups in total. The Kier molecular flexibility index (Phi) is 4.50. The summed E-state index contributed by atoms with van der Waals surface area (Å²) >= 11 is 6.56. The van der Waals surface area contributed by atoms with Gasteiger partial charge in [-0.2, -0.15) is 0 Å². The van der Waals surface area contributed by atoms with Gasteiger partial charge in [0, 0.05) is 6.21 Å². The number of benzene rings is 2. The second-order valence-corrected chi connectivity index (χ2v) is 6.23. The number of aliphatic imine (C=N–C) groups is 1. The lowest BCUT2D eigenvalue weighted by atomic mass is 10.1. The molecule has 0 saturated heterocycles. The topological polar surface area (TPSA) is 52.8 Å². The molecule has 5 heteroatoms. The van der Waals surface area contributed by atoms with Crippen LogP contribution < -0.4 is 0 Å². The molecule has 0 fully saturated rings. The van der Waals surface area contributed by atoms with E-state index in [1.807, 2.05) is 26.0 Å². The van der Waals surface area contributed by atoms with E-state index in [4.69, 9.17) is 0 Å². The summed E-state index contributed by atoms with van der Waals surface area (Å²) in [6, 6.07) is 7.21. The molecule has 2 aromatic carbocycles. The Labute approximate surface area is 134 Å². The van der Waals surface area contributed by atoms with Gasteiger partial charge in [-0.25, -0.2) is 0 Å². The SMILES string of the molecule is Cc1cc(N=Cc2cc(Br)c(O)c(Br)c2)cc(C)c1O. The van der Waals surface area contributed by atoms with E-state index in [1.54, 1.807) is 18.3 Å². The molecular weight excluding hydrogens is 386 g/mol. The highest BCUT2D eigenvalue weighted by molar-refractivity contribution is 9.11. The Bertz CT molecular complexity index is 591. The first-order chi connectivity index (χ1) is 9.38. The number of nitrogens with zero attached hydrogens (tertiary/aromatic N) is 1. The molecule has 0 aromatic heterocycles. The van der Waals surface area contributed by atoms with Crippen LogP contribution in [0.5, 0.6) is 11.5 Å². The van der Waals surface area contributed by atoms with Crippen LogP contribution in [0.2, 0.25) is 0 Å². The predicted molar refractivity (Wildman–Crippen MR) is 88.3 cm³/mol. The zero-order chi connectivity index (χ0) is 14.9. The Morgan fingerprint density at radius 3 is 1.90 bits per heavy atom. The van der Waals surface area contributed by atoms with E-state index >= 15 is 0 Å². The van der Waals surface area contributed by atoms with E-state index in [1.165, 1.54) is 0 Å². The number of aryl methyl sites for hydroxylation is 2. The molecule has 2 aromatic rings. The Morgan fingerprint density at radius 2 is 1.40 bits per heavy atom. The van der Waals surface area contributed by atoms with E-state index in [9.17, 15) is 10.2 Å². The first-order valence-electron chi connectivity index (χ1n) is 5.91. The Balaban J connectivity index is 2.35. The van der Waals surface area contributed by atoms with E-state index in [0.29, 0.717) is 14.7 Å². The van der Waals surface area contributed by atoms with Crippen molar-refractivity contribution in [3.05, 3.63) is 49.9 Å². The molecule has 0 bridgehead atoms. The molecule has 0 heterocycles. The van der Waals surface area contributed by atoms with Crippen LogP contribution in [0.25, 0.3) is 0 Å². The van der Waals surface area contributed by atoms with Crippen LogP contribution in [0.3, 0.4) is 0 Å². The minimum atomic E-state index is 0.165. The largest absolute Gasteiger partial charge is 0.507 e. The van der Waals surface area contributed by atoms with E-state index in [2.05, 4.69) is 36.9 Å². The quantitative estimate of drug-likeness (QED) is 0.700. The van der Waals surface area contributed by atoms with Gasteiger partial charge in [0.25, 0.3) is 0 Å². The van der Waals surface area contributed by atoms with Crippen LogP contribution in [0.1, 0.15) is 16.7 Å². The maximum absolute atomic E-state index is 9.73. The second-order valence-electron chi connectivity index (χ2n) is 4.52. The van der Waals surface area contributed by atoms with Crippen LogP contribution in [-0.2, 0) is 0 Å². The van der Waals surface area contributed by atoms with Crippen molar-refractivity contribution in [3.63, 3.8) is 0 Å². The molecule has 104 valence electrons. The fourth-order valence-electron chi connectivity index (χ4n) is 1.82. The van der Waals surface area contributed by atoms with Crippen molar-refractivity contribution >= 4 is 43.8 Å². The molecule has 0 saturated carbocycles. The van der Waals surface area contributed by atoms with Gasteiger partial charge in [-0.05, 0) is 86.7 Å². The molecule has 0 atom stereocenters. The summed E-state index contributed by atoms with van der Waals surface area (Å²) in [5, 5.41) is 19.4. The van der Waals surface area contributed by atoms with Crippen LogP contribution in [0, 0.1) is 13.8 Å².